The molecule has 0 saturated heterocycles. The number of ether oxygens (including phenoxy) is 1. The number of carbonyl (C=O) groups excluding carboxylic acids is 1. The average molecular weight is 379 g/mol. The minimum Gasteiger partial charge on any atom is -0.406 e. The number of carbonyl (C=O) groups is 1. The number of thioether (sulfide) groups is 1. The van der Waals surface area contributed by atoms with Gasteiger partial charge in [0.25, 0.3) is 5.91 Å². The van der Waals surface area contributed by atoms with Crippen molar-refractivity contribution >= 4 is 23.4 Å². The molecule has 0 aliphatic carbocycles. The van der Waals surface area contributed by atoms with E-state index in [9.17, 15) is 18.0 Å². The number of amides is 1. The van der Waals surface area contributed by atoms with Gasteiger partial charge in [-0.2, -0.15) is 0 Å². The lowest BCUT2D eigenvalue weighted by atomic mass is 10.0. The first-order valence-corrected chi connectivity index (χ1v) is 8.50. The van der Waals surface area contributed by atoms with Gasteiger partial charge < -0.3 is 15.4 Å². The van der Waals surface area contributed by atoms with Gasteiger partial charge in [0.1, 0.15) is 5.75 Å². The van der Waals surface area contributed by atoms with E-state index in [1.165, 1.54) is 18.2 Å². The second-order valence-corrected chi connectivity index (χ2v) is 6.78. The highest BCUT2D eigenvalue weighted by Crippen LogP contribution is 2.45. The Hall–Kier alpha value is -2.68. The fourth-order valence-electron chi connectivity index (χ4n) is 2.85. The summed E-state index contributed by atoms with van der Waals surface area (Å²) in [5, 5.41) is 6.04. The molecule has 2 aliphatic rings. The van der Waals surface area contributed by atoms with Crippen LogP contribution in [0.25, 0.3) is 0 Å². The molecule has 1 aromatic carbocycles. The number of fused-ring (bicyclic) bond motifs is 1. The Bertz CT molecular complexity index is 900. The molecule has 26 heavy (non-hydrogen) atoms. The van der Waals surface area contributed by atoms with Crippen LogP contribution in [0.1, 0.15) is 18.2 Å². The minimum atomic E-state index is -4.76. The Morgan fingerprint density at radius 3 is 2.81 bits per heavy atom. The lowest BCUT2D eigenvalue weighted by Gasteiger charge is -2.31. The second-order valence-electron chi connectivity index (χ2n) is 5.73. The van der Waals surface area contributed by atoms with Crippen LogP contribution in [-0.4, -0.2) is 17.3 Å². The molecule has 2 aromatic rings. The zero-order valence-corrected chi connectivity index (χ0v) is 13.9. The van der Waals surface area contributed by atoms with Gasteiger partial charge in [-0.1, -0.05) is 17.8 Å². The van der Waals surface area contributed by atoms with E-state index < -0.39 is 6.36 Å². The average Bonchev–Trinajstić information content (AvgIpc) is 2.60. The number of alkyl halides is 3. The number of anilines is 1. The molecule has 1 atom stereocenters. The number of benzene rings is 1. The van der Waals surface area contributed by atoms with Gasteiger partial charge in [-0.15, -0.1) is 13.2 Å². The number of rotatable bonds is 2. The summed E-state index contributed by atoms with van der Waals surface area (Å²) >= 11 is 1.12. The highest BCUT2D eigenvalue weighted by Gasteiger charge is 2.34. The summed E-state index contributed by atoms with van der Waals surface area (Å²) in [6.45, 7) is 0. The first-order valence-electron chi connectivity index (χ1n) is 7.69. The van der Waals surface area contributed by atoms with Crippen LogP contribution >= 0.6 is 11.8 Å². The van der Waals surface area contributed by atoms with Crippen LogP contribution in [0.15, 0.2) is 58.1 Å². The largest absolute Gasteiger partial charge is 0.573 e. The van der Waals surface area contributed by atoms with Gasteiger partial charge in [-0.25, -0.2) is 0 Å². The minimum absolute atomic E-state index is 0.259. The lowest BCUT2D eigenvalue weighted by molar-refractivity contribution is -0.274. The third kappa shape index (κ3) is 3.34. The van der Waals surface area contributed by atoms with Crippen LogP contribution in [-0.2, 0) is 4.79 Å². The van der Waals surface area contributed by atoms with Crippen LogP contribution in [0.3, 0.4) is 0 Å². The van der Waals surface area contributed by atoms with Crippen molar-refractivity contribution in [3.05, 3.63) is 58.9 Å². The van der Waals surface area contributed by atoms with E-state index in [1.54, 1.807) is 12.3 Å². The van der Waals surface area contributed by atoms with Crippen LogP contribution < -0.4 is 15.4 Å². The predicted octanol–water partition coefficient (Wildman–Crippen LogP) is 3.97. The molecule has 4 rings (SSSR count). The summed E-state index contributed by atoms with van der Waals surface area (Å²) in [6, 6.07) is 9.23. The third-order valence-corrected chi connectivity index (χ3v) is 5.12. The first kappa shape index (κ1) is 16.8. The van der Waals surface area contributed by atoms with Gasteiger partial charge in [0.05, 0.1) is 22.3 Å². The van der Waals surface area contributed by atoms with Crippen LogP contribution in [0.2, 0.25) is 0 Å². The molecule has 1 aromatic heterocycles. The quantitative estimate of drug-likeness (QED) is 0.827. The number of aromatic nitrogens is 1. The normalized spacial score (nSPS) is 19.2. The molecule has 3 heterocycles. The maximum Gasteiger partial charge on any atom is 0.573 e. The Balaban J connectivity index is 1.59. The molecule has 0 radical (unpaired) electrons. The van der Waals surface area contributed by atoms with Crippen molar-refractivity contribution in [3.63, 3.8) is 0 Å². The van der Waals surface area contributed by atoms with Gasteiger partial charge in [0.2, 0.25) is 0 Å². The molecule has 2 N–H and O–H groups in total. The Morgan fingerprint density at radius 2 is 2.08 bits per heavy atom. The Morgan fingerprint density at radius 1 is 1.23 bits per heavy atom. The third-order valence-electron chi connectivity index (χ3n) is 3.92. The molecule has 0 saturated carbocycles. The summed E-state index contributed by atoms with van der Waals surface area (Å²) in [7, 11) is 0. The molecule has 0 fully saturated rings. The number of hydrogen-bond donors (Lipinski definition) is 2. The maximum atomic E-state index is 12.5. The molecule has 0 spiro atoms. The van der Waals surface area contributed by atoms with E-state index in [2.05, 4.69) is 20.4 Å². The van der Waals surface area contributed by atoms with Crippen LogP contribution in [0.5, 0.6) is 5.75 Å². The first-order chi connectivity index (χ1) is 12.4. The lowest BCUT2D eigenvalue weighted by Crippen LogP contribution is -2.36. The van der Waals surface area contributed by atoms with Crippen molar-refractivity contribution < 1.29 is 22.7 Å². The van der Waals surface area contributed by atoms with E-state index in [1.807, 2.05) is 12.1 Å². The van der Waals surface area contributed by atoms with Gasteiger partial charge in [-0.3, -0.25) is 9.78 Å². The summed E-state index contributed by atoms with van der Waals surface area (Å²) in [4.78, 5) is 17.7. The van der Waals surface area contributed by atoms with E-state index in [-0.39, 0.29) is 17.7 Å². The van der Waals surface area contributed by atoms with Crippen molar-refractivity contribution in [1.29, 1.82) is 0 Å². The van der Waals surface area contributed by atoms with E-state index in [4.69, 9.17) is 0 Å². The Kier molecular flexibility index (Phi) is 4.03. The van der Waals surface area contributed by atoms with Crippen molar-refractivity contribution in [2.45, 2.75) is 23.7 Å². The highest BCUT2D eigenvalue weighted by atomic mass is 32.2. The van der Waals surface area contributed by atoms with E-state index >= 15 is 0 Å². The highest BCUT2D eigenvalue weighted by molar-refractivity contribution is 8.04. The topological polar surface area (TPSA) is 63.2 Å². The SMILES string of the molecule is O=C1NC(c2ccccn2)CC2=C1Sc1cc(OC(F)(F)F)ccc1N2. The van der Waals surface area contributed by atoms with E-state index in [0.717, 1.165) is 23.2 Å². The predicted molar refractivity (Wildman–Crippen MR) is 89.4 cm³/mol. The molecule has 134 valence electrons. The fourth-order valence-corrected chi connectivity index (χ4v) is 3.88. The van der Waals surface area contributed by atoms with E-state index in [0.29, 0.717) is 21.9 Å². The monoisotopic (exact) mass is 379 g/mol. The van der Waals surface area contributed by atoms with Crippen molar-refractivity contribution in [2.24, 2.45) is 0 Å². The summed E-state index contributed by atoms with van der Waals surface area (Å²) in [5.41, 5.74) is 2.11. The zero-order valence-electron chi connectivity index (χ0n) is 13.1. The molecule has 1 amide bonds. The molecule has 9 heteroatoms. The van der Waals surface area contributed by atoms with Crippen molar-refractivity contribution in [2.75, 3.05) is 5.32 Å². The van der Waals surface area contributed by atoms with Gasteiger partial charge >= 0.3 is 6.36 Å². The summed E-state index contributed by atoms with van der Waals surface area (Å²) in [5.74, 6) is -0.607. The summed E-state index contributed by atoms with van der Waals surface area (Å²) in [6.07, 6.45) is -2.58. The number of nitrogens with zero attached hydrogens (tertiary/aromatic N) is 1. The molecule has 0 bridgehead atoms. The smallest absolute Gasteiger partial charge is 0.406 e. The molecule has 2 aliphatic heterocycles. The zero-order chi connectivity index (χ0) is 18.3. The van der Waals surface area contributed by atoms with Crippen LogP contribution in [0, 0.1) is 0 Å². The van der Waals surface area contributed by atoms with Gasteiger partial charge in [-0.05, 0) is 30.3 Å². The number of nitrogens with one attached hydrogen (secondary N) is 2. The summed E-state index contributed by atoms with van der Waals surface area (Å²) < 4.78 is 41.1. The fraction of sp³-hybridized carbons (Fsp3) is 0.176. The van der Waals surface area contributed by atoms with Crippen molar-refractivity contribution in [1.82, 2.24) is 10.3 Å². The standard InChI is InChI=1S/C17H12F3N3O2S/c18-17(19,20)25-9-4-5-11-14(7-9)26-15-13(22-11)8-12(23-16(15)24)10-3-1-2-6-21-10/h1-7,12,22H,8H2,(H,23,24). The van der Waals surface area contributed by atoms with Gasteiger partial charge in [0, 0.05) is 23.2 Å². The molecular formula is C17H12F3N3O2S. The Labute approximate surface area is 150 Å². The van der Waals surface area contributed by atoms with Crippen LogP contribution in [0.4, 0.5) is 18.9 Å². The molecule has 5 nitrogen and oxygen atoms in total. The second kappa shape index (κ2) is 6.24. The maximum absolute atomic E-state index is 12.5. The number of halogens is 3. The van der Waals surface area contributed by atoms with Gasteiger partial charge in [0.15, 0.2) is 0 Å². The number of hydrogen-bond acceptors (Lipinski definition) is 5. The van der Waals surface area contributed by atoms with Crippen molar-refractivity contribution in [3.8, 4) is 5.75 Å². The molecule has 1 unspecified atom stereocenters. The molecular weight excluding hydrogens is 367 g/mol. The number of pyridine rings is 1.